The molecule has 0 radical (unpaired) electrons. The molecule has 2 heteroatoms. The van der Waals surface area contributed by atoms with Crippen molar-refractivity contribution in [3.8, 4) is 0 Å². The van der Waals surface area contributed by atoms with Crippen LogP contribution in [0.2, 0.25) is 0 Å². The molecule has 0 aliphatic rings. The second-order valence-electron chi connectivity index (χ2n) is 5.51. The molecule has 0 N–H and O–H groups in total. The number of hydrogen-bond donors (Lipinski definition) is 0. The van der Waals surface area contributed by atoms with Crippen LogP contribution in [-0.2, 0) is 12.8 Å². The fourth-order valence-corrected chi connectivity index (χ4v) is 2.40. The van der Waals surface area contributed by atoms with Gasteiger partial charge in [-0.25, -0.2) is 0 Å². The van der Waals surface area contributed by atoms with E-state index >= 15 is 0 Å². The highest BCUT2D eigenvalue weighted by molar-refractivity contribution is 6.09. The first-order valence-electron chi connectivity index (χ1n) is 7.18. The normalized spacial score (nSPS) is 10.8. The monoisotopic (exact) mass is 267 g/mol. The van der Waals surface area contributed by atoms with E-state index in [1.165, 1.54) is 5.56 Å². The van der Waals surface area contributed by atoms with Gasteiger partial charge in [0.15, 0.2) is 5.78 Å². The van der Waals surface area contributed by atoms with Crippen molar-refractivity contribution in [1.82, 2.24) is 4.98 Å². The molecule has 0 spiro atoms. The van der Waals surface area contributed by atoms with E-state index in [4.69, 9.17) is 0 Å². The predicted molar refractivity (Wildman–Crippen MR) is 82.0 cm³/mol. The summed E-state index contributed by atoms with van der Waals surface area (Å²) >= 11 is 0. The van der Waals surface area contributed by atoms with Gasteiger partial charge in [0.05, 0.1) is 0 Å². The fraction of sp³-hybridized carbons (Fsp3) is 0.333. The van der Waals surface area contributed by atoms with Crippen LogP contribution in [0.25, 0.3) is 0 Å². The smallest absolute Gasteiger partial charge is 0.193 e. The lowest BCUT2D eigenvalue weighted by Gasteiger charge is -2.09. The number of hydrogen-bond acceptors (Lipinski definition) is 2. The van der Waals surface area contributed by atoms with Crippen molar-refractivity contribution in [1.29, 1.82) is 0 Å². The van der Waals surface area contributed by atoms with Crippen LogP contribution in [0.15, 0.2) is 42.7 Å². The van der Waals surface area contributed by atoms with Crippen LogP contribution in [0.5, 0.6) is 0 Å². The summed E-state index contributed by atoms with van der Waals surface area (Å²) in [7, 11) is 0. The molecule has 0 aliphatic heterocycles. The average molecular weight is 267 g/mol. The van der Waals surface area contributed by atoms with Gasteiger partial charge in [-0.2, -0.15) is 0 Å². The third kappa shape index (κ3) is 3.32. The number of pyridine rings is 1. The molecule has 0 fully saturated rings. The van der Waals surface area contributed by atoms with Crippen LogP contribution in [0.3, 0.4) is 0 Å². The van der Waals surface area contributed by atoms with E-state index < -0.39 is 0 Å². The number of carbonyl (C=O) groups is 1. The van der Waals surface area contributed by atoms with E-state index in [9.17, 15) is 4.79 Å². The minimum atomic E-state index is 0.0925. The zero-order chi connectivity index (χ0) is 14.5. The molecule has 0 bridgehead atoms. The molecule has 20 heavy (non-hydrogen) atoms. The highest BCUT2D eigenvalue weighted by Crippen LogP contribution is 2.17. The summed E-state index contributed by atoms with van der Waals surface area (Å²) in [5, 5.41) is 0. The number of aromatic nitrogens is 1. The standard InChI is InChI=1S/C18H21NO/c1-4-15-12-19-9-8-17(15)18(20)16-7-5-6-14(11-16)10-13(2)3/h5-9,11-13H,4,10H2,1-3H3. The molecule has 104 valence electrons. The van der Waals surface area contributed by atoms with Gasteiger partial charge in [-0.3, -0.25) is 9.78 Å². The number of aryl methyl sites for hydroxylation is 1. The van der Waals surface area contributed by atoms with Gasteiger partial charge in [0.2, 0.25) is 0 Å². The second kappa shape index (κ2) is 6.47. The third-order valence-electron chi connectivity index (χ3n) is 3.36. The lowest BCUT2D eigenvalue weighted by Crippen LogP contribution is -2.06. The second-order valence-corrected chi connectivity index (χ2v) is 5.51. The highest BCUT2D eigenvalue weighted by Gasteiger charge is 2.13. The largest absolute Gasteiger partial charge is 0.289 e. The molecule has 2 aromatic rings. The molecule has 1 aromatic carbocycles. The molecule has 2 nitrogen and oxygen atoms in total. The van der Waals surface area contributed by atoms with E-state index in [2.05, 4.69) is 24.9 Å². The van der Waals surface area contributed by atoms with Gasteiger partial charge in [-0.1, -0.05) is 39.0 Å². The van der Waals surface area contributed by atoms with E-state index in [1.807, 2.05) is 31.2 Å². The van der Waals surface area contributed by atoms with Crippen molar-refractivity contribution in [2.24, 2.45) is 5.92 Å². The van der Waals surface area contributed by atoms with Crippen LogP contribution < -0.4 is 0 Å². The summed E-state index contributed by atoms with van der Waals surface area (Å²) < 4.78 is 0. The van der Waals surface area contributed by atoms with E-state index in [0.717, 1.165) is 29.5 Å². The molecule has 0 saturated carbocycles. The molecule has 1 heterocycles. The summed E-state index contributed by atoms with van der Waals surface area (Å²) in [5.74, 6) is 0.683. The topological polar surface area (TPSA) is 30.0 Å². The fourth-order valence-electron chi connectivity index (χ4n) is 2.40. The van der Waals surface area contributed by atoms with Crippen LogP contribution >= 0.6 is 0 Å². The summed E-state index contributed by atoms with van der Waals surface area (Å²) in [6.45, 7) is 6.42. The number of nitrogens with zero attached hydrogens (tertiary/aromatic N) is 1. The molecule has 0 unspecified atom stereocenters. The van der Waals surface area contributed by atoms with Gasteiger partial charge in [-0.15, -0.1) is 0 Å². The third-order valence-corrected chi connectivity index (χ3v) is 3.36. The van der Waals surface area contributed by atoms with Crippen molar-refractivity contribution in [2.75, 3.05) is 0 Å². The van der Waals surface area contributed by atoms with Crippen molar-refractivity contribution in [3.63, 3.8) is 0 Å². The maximum Gasteiger partial charge on any atom is 0.193 e. The quantitative estimate of drug-likeness (QED) is 0.764. The van der Waals surface area contributed by atoms with Crippen molar-refractivity contribution < 1.29 is 4.79 Å². The minimum absolute atomic E-state index is 0.0925. The molecular weight excluding hydrogens is 246 g/mol. The Balaban J connectivity index is 2.33. The number of rotatable bonds is 5. The van der Waals surface area contributed by atoms with Gasteiger partial charge in [0, 0.05) is 23.5 Å². The average Bonchev–Trinajstić information content (AvgIpc) is 2.46. The minimum Gasteiger partial charge on any atom is -0.289 e. The van der Waals surface area contributed by atoms with Gasteiger partial charge >= 0.3 is 0 Å². The lowest BCUT2D eigenvalue weighted by molar-refractivity contribution is 0.103. The Bertz CT molecular complexity index is 602. The molecule has 1 aromatic heterocycles. The van der Waals surface area contributed by atoms with Crippen molar-refractivity contribution in [2.45, 2.75) is 33.6 Å². The van der Waals surface area contributed by atoms with Crippen molar-refractivity contribution in [3.05, 3.63) is 65.0 Å². The Kier molecular flexibility index (Phi) is 4.67. The molecular formula is C18H21NO. The summed E-state index contributed by atoms with van der Waals surface area (Å²) in [6.07, 6.45) is 5.29. The first kappa shape index (κ1) is 14.4. The molecule has 0 amide bonds. The van der Waals surface area contributed by atoms with Crippen molar-refractivity contribution >= 4 is 5.78 Å². The number of carbonyl (C=O) groups excluding carboxylic acids is 1. The van der Waals surface area contributed by atoms with Gasteiger partial charge in [-0.05, 0) is 42.0 Å². The maximum atomic E-state index is 12.6. The first-order valence-corrected chi connectivity index (χ1v) is 7.18. The van der Waals surface area contributed by atoms with Gasteiger partial charge < -0.3 is 0 Å². The molecule has 0 saturated heterocycles. The lowest BCUT2D eigenvalue weighted by atomic mass is 9.95. The summed E-state index contributed by atoms with van der Waals surface area (Å²) in [6, 6.07) is 9.78. The Hall–Kier alpha value is -1.96. The van der Waals surface area contributed by atoms with Gasteiger partial charge in [0.25, 0.3) is 0 Å². The first-order chi connectivity index (χ1) is 9.61. The highest BCUT2D eigenvalue weighted by atomic mass is 16.1. The SMILES string of the molecule is CCc1cnccc1C(=O)c1cccc(CC(C)C)c1. The van der Waals surface area contributed by atoms with Crippen LogP contribution in [0.4, 0.5) is 0 Å². The Morgan fingerprint density at radius 2 is 2.05 bits per heavy atom. The maximum absolute atomic E-state index is 12.6. The van der Waals surface area contributed by atoms with Crippen LogP contribution in [0, 0.1) is 5.92 Å². The zero-order valence-electron chi connectivity index (χ0n) is 12.4. The Morgan fingerprint density at radius 3 is 2.75 bits per heavy atom. The van der Waals surface area contributed by atoms with Crippen LogP contribution in [-0.4, -0.2) is 10.8 Å². The van der Waals surface area contributed by atoms with E-state index in [1.54, 1.807) is 12.4 Å². The molecule has 0 aliphatic carbocycles. The Morgan fingerprint density at radius 1 is 1.25 bits per heavy atom. The number of ketones is 1. The summed E-state index contributed by atoms with van der Waals surface area (Å²) in [5.41, 5.74) is 3.76. The van der Waals surface area contributed by atoms with Gasteiger partial charge in [0.1, 0.15) is 0 Å². The van der Waals surface area contributed by atoms with Crippen LogP contribution in [0.1, 0.15) is 47.8 Å². The zero-order valence-corrected chi connectivity index (χ0v) is 12.4. The number of benzene rings is 1. The summed E-state index contributed by atoms with van der Waals surface area (Å²) in [4.78, 5) is 16.7. The predicted octanol–water partition coefficient (Wildman–Crippen LogP) is 4.07. The Labute approximate surface area is 120 Å². The van der Waals surface area contributed by atoms with E-state index in [0.29, 0.717) is 5.92 Å². The molecule has 0 atom stereocenters. The molecule has 2 rings (SSSR count). The van der Waals surface area contributed by atoms with E-state index in [-0.39, 0.29) is 5.78 Å².